The Morgan fingerprint density at radius 1 is 0.853 bits per heavy atom. The lowest BCUT2D eigenvalue weighted by molar-refractivity contribution is -0.138. The molecular formula is C25H22F6NOP. The van der Waals surface area contributed by atoms with Gasteiger partial charge in [0.05, 0.1) is 23.1 Å². The second kappa shape index (κ2) is 9.21. The fourth-order valence-corrected chi connectivity index (χ4v) is 6.36. The Morgan fingerprint density at radius 3 is 1.76 bits per heavy atom. The number of allylic oxidation sites excluding steroid dienone is 2. The lowest BCUT2D eigenvalue weighted by Crippen LogP contribution is -2.21. The van der Waals surface area contributed by atoms with Crippen LogP contribution in [0, 0.1) is 11.8 Å². The van der Waals surface area contributed by atoms with E-state index >= 15 is 0 Å². The van der Waals surface area contributed by atoms with Crippen molar-refractivity contribution >= 4 is 24.4 Å². The number of hydrogen-bond donors (Lipinski definition) is 0. The van der Waals surface area contributed by atoms with Gasteiger partial charge in [-0.1, -0.05) is 56.3 Å². The molecule has 0 N–H and O–H groups in total. The van der Waals surface area contributed by atoms with E-state index in [1.54, 1.807) is 0 Å². The van der Waals surface area contributed by atoms with Crippen LogP contribution < -0.4 is 10.6 Å². The van der Waals surface area contributed by atoms with Gasteiger partial charge < -0.3 is 4.74 Å². The molecule has 0 spiro atoms. The van der Waals surface area contributed by atoms with Crippen molar-refractivity contribution in [2.45, 2.75) is 32.2 Å². The summed E-state index contributed by atoms with van der Waals surface area (Å²) in [6.45, 7) is 4.53. The van der Waals surface area contributed by atoms with E-state index in [2.05, 4.69) is 0 Å². The molecular weight excluding hydrogens is 475 g/mol. The van der Waals surface area contributed by atoms with Crippen LogP contribution in [0.15, 0.2) is 77.1 Å². The summed E-state index contributed by atoms with van der Waals surface area (Å²) < 4.78 is 84.5. The average molecular weight is 497 g/mol. The second-order valence-electron chi connectivity index (χ2n) is 8.47. The summed E-state index contributed by atoms with van der Waals surface area (Å²) >= 11 is 0. The Balaban J connectivity index is 1.75. The van der Waals surface area contributed by atoms with Crippen molar-refractivity contribution in [3.05, 3.63) is 83.2 Å². The largest absolute Gasteiger partial charge is 0.478 e. The zero-order valence-electron chi connectivity index (χ0n) is 18.4. The van der Waals surface area contributed by atoms with Crippen LogP contribution in [0.4, 0.5) is 26.3 Å². The summed E-state index contributed by atoms with van der Waals surface area (Å²) in [5, 5.41) is 2.04. The Morgan fingerprint density at radius 2 is 1.35 bits per heavy atom. The monoisotopic (exact) mass is 497 g/mol. The van der Waals surface area contributed by atoms with Crippen molar-refractivity contribution in [3.63, 3.8) is 0 Å². The molecule has 2 nitrogen and oxygen atoms in total. The quantitative estimate of drug-likeness (QED) is 0.334. The van der Waals surface area contributed by atoms with Gasteiger partial charge in [-0.3, -0.25) is 0 Å². The minimum Gasteiger partial charge on any atom is -0.478 e. The van der Waals surface area contributed by atoms with Gasteiger partial charge in [0.25, 0.3) is 0 Å². The van der Waals surface area contributed by atoms with Crippen LogP contribution in [-0.2, 0) is 17.1 Å². The molecule has 0 saturated carbocycles. The fraction of sp³-hybridized carbons (Fsp3) is 0.320. The van der Waals surface area contributed by atoms with Gasteiger partial charge in [-0.05, 0) is 54.0 Å². The van der Waals surface area contributed by atoms with E-state index in [0.717, 1.165) is 29.6 Å². The molecule has 0 aromatic heterocycles. The summed E-state index contributed by atoms with van der Waals surface area (Å²) in [7, 11) is -1.43. The van der Waals surface area contributed by atoms with E-state index < -0.39 is 31.4 Å². The van der Waals surface area contributed by atoms with Gasteiger partial charge in [-0.15, -0.1) is 0 Å². The predicted molar refractivity (Wildman–Crippen MR) is 122 cm³/mol. The maximum absolute atomic E-state index is 13.1. The van der Waals surface area contributed by atoms with Crippen LogP contribution in [0.25, 0.3) is 0 Å². The Kier molecular flexibility index (Phi) is 6.65. The molecule has 2 aromatic rings. The van der Waals surface area contributed by atoms with Crippen molar-refractivity contribution in [2.24, 2.45) is 16.8 Å². The van der Waals surface area contributed by atoms with E-state index in [0.29, 0.717) is 23.1 Å². The van der Waals surface area contributed by atoms with Crippen LogP contribution in [0.5, 0.6) is 0 Å². The van der Waals surface area contributed by atoms with E-state index in [1.165, 1.54) is 24.3 Å². The number of halogens is 6. The molecule has 0 radical (unpaired) electrons. The van der Waals surface area contributed by atoms with Crippen molar-refractivity contribution in [3.8, 4) is 0 Å². The first-order valence-corrected chi connectivity index (χ1v) is 12.0. The zero-order valence-corrected chi connectivity index (χ0v) is 19.3. The summed E-state index contributed by atoms with van der Waals surface area (Å²) in [5.41, 5.74) is -1.56. The van der Waals surface area contributed by atoms with Gasteiger partial charge in [0, 0.05) is 0 Å². The molecule has 2 aromatic carbocycles. The van der Waals surface area contributed by atoms with Gasteiger partial charge >= 0.3 is 12.4 Å². The van der Waals surface area contributed by atoms with Crippen molar-refractivity contribution in [2.75, 3.05) is 6.61 Å². The first-order valence-electron chi connectivity index (χ1n) is 10.7. The maximum Gasteiger partial charge on any atom is 0.416 e. The highest BCUT2D eigenvalue weighted by atomic mass is 31.1. The number of alkyl halides is 6. The minimum atomic E-state index is -4.48. The SMILES string of the molecule is CC(C)[C@H]1COC(C2C=CC=C2P(c2ccc(C(F)(F)F)cc2)c2ccc(C(F)(F)F)cc2)=N1. The van der Waals surface area contributed by atoms with E-state index in [4.69, 9.17) is 9.73 Å². The highest BCUT2D eigenvalue weighted by molar-refractivity contribution is 7.76. The van der Waals surface area contributed by atoms with Crippen LogP contribution in [0.2, 0.25) is 0 Å². The Hall–Kier alpha value is -2.60. The van der Waals surface area contributed by atoms with Crippen LogP contribution >= 0.6 is 7.92 Å². The fourth-order valence-electron chi connectivity index (χ4n) is 3.86. The number of nitrogens with zero attached hydrogens (tertiary/aromatic N) is 1. The van der Waals surface area contributed by atoms with Crippen molar-refractivity contribution in [1.29, 1.82) is 0 Å². The molecule has 4 rings (SSSR count). The molecule has 0 amide bonds. The molecule has 1 heterocycles. The van der Waals surface area contributed by atoms with Crippen molar-refractivity contribution < 1.29 is 31.1 Å². The molecule has 0 fully saturated rings. The van der Waals surface area contributed by atoms with E-state index in [1.807, 2.05) is 32.1 Å². The molecule has 0 bridgehead atoms. The third-order valence-electron chi connectivity index (χ3n) is 5.78. The first-order chi connectivity index (χ1) is 15.9. The minimum absolute atomic E-state index is 0.00798. The van der Waals surface area contributed by atoms with Crippen molar-refractivity contribution in [1.82, 2.24) is 0 Å². The molecule has 2 aliphatic rings. The Bertz CT molecular complexity index is 1060. The molecule has 1 aliphatic carbocycles. The molecule has 1 unspecified atom stereocenters. The van der Waals surface area contributed by atoms with Gasteiger partial charge in [-0.2, -0.15) is 26.3 Å². The number of rotatable bonds is 5. The van der Waals surface area contributed by atoms with Gasteiger partial charge in [0.15, 0.2) is 5.90 Å². The first kappa shape index (κ1) is 24.5. The smallest absolute Gasteiger partial charge is 0.416 e. The predicted octanol–water partition coefficient (Wildman–Crippen LogP) is 6.68. The summed E-state index contributed by atoms with van der Waals surface area (Å²) in [4.78, 5) is 4.70. The summed E-state index contributed by atoms with van der Waals surface area (Å²) in [5.74, 6) is 0.492. The highest BCUT2D eigenvalue weighted by Crippen LogP contribution is 2.50. The Labute approximate surface area is 194 Å². The molecule has 1 aliphatic heterocycles. The van der Waals surface area contributed by atoms with Crippen LogP contribution in [-0.4, -0.2) is 18.5 Å². The molecule has 0 saturated heterocycles. The number of hydrogen-bond acceptors (Lipinski definition) is 2. The molecule has 34 heavy (non-hydrogen) atoms. The molecule has 180 valence electrons. The normalized spacial score (nSPS) is 20.6. The molecule has 9 heteroatoms. The van der Waals surface area contributed by atoms with Gasteiger partial charge in [0.2, 0.25) is 0 Å². The number of benzene rings is 2. The number of ether oxygens (including phenoxy) is 1. The topological polar surface area (TPSA) is 21.6 Å². The third-order valence-corrected chi connectivity index (χ3v) is 8.36. The van der Waals surface area contributed by atoms with Gasteiger partial charge in [0.1, 0.15) is 6.61 Å². The second-order valence-corrected chi connectivity index (χ2v) is 10.7. The molecule has 2 atom stereocenters. The lowest BCUT2D eigenvalue weighted by atomic mass is 10.1. The van der Waals surface area contributed by atoms with E-state index in [9.17, 15) is 26.3 Å². The van der Waals surface area contributed by atoms with E-state index in [-0.39, 0.29) is 17.9 Å². The maximum atomic E-state index is 13.1. The highest BCUT2D eigenvalue weighted by Gasteiger charge is 2.36. The van der Waals surface area contributed by atoms with Crippen LogP contribution in [0.3, 0.4) is 0 Å². The third kappa shape index (κ3) is 5.07. The van der Waals surface area contributed by atoms with Gasteiger partial charge in [-0.25, -0.2) is 4.99 Å². The van der Waals surface area contributed by atoms with Crippen LogP contribution in [0.1, 0.15) is 25.0 Å². The lowest BCUT2D eigenvalue weighted by Gasteiger charge is -2.25. The standard InChI is InChI=1S/C25H22F6NOP/c1-15(2)21-14-33-23(32-21)20-4-3-5-22(20)34(18-10-6-16(7-11-18)24(26,27)28)19-12-8-17(9-13-19)25(29,30)31/h3-13,15,20-21H,14H2,1-2H3/t20?,21-/m1/s1. The number of aliphatic imine (C=N–C) groups is 1. The summed E-state index contributed by atoms with van der Waals surface area (Å²) in [6.07, 6.45) is -3.37. The summed E-state index contributed by atoms with van der Waals surface area (Å²) in [6, 6.07) is 9.63. The zero-order chi connectivity index (χ0) is 24.7. The average Bonchev–Trinajstić information content (AvgIpc) is 3.43.